The van der Waals surface area contributed by atoms with E-state index in [-0.39, 0.29) is 6.04 Å². The third kappa shape index (κ3) is 3.48. The number of methoxy groups -OCH3 is 1. The van der Waals surface area contributed by atoms with Gasteiger partial charge in [-0.3, -0.25) is 0 Å². The van der Waals surface area contributed by atoms with Crippen LogP contribution in [0.2, 0.25) is 0 Å². The Balaban J connectivity index is 2.04. The molecule has 1 heterocycles. The lowest BCUT2D eigenvalue weighted by atomic mass is 10.1. The maximum Gasteiger partial charge on any atom is 0.127 e. The molecule has 0 amide bonds. The van der Waals surface area contributed by atoms with Gasteiger partial charge in [0.05, 0.1) is 20.0 Å². The molecule has 0 spiro atoms. The molecule has 2 aromatic rings. The summed E-state index contributed by atoms with van der Waals surface area (Å²) >= 11 is 0. The van der Waals surface area contributed by atoms with E-state index in [1.54, 1.807) is 19.6 Å². The molecule has 1 aromatic heterocycles. The molecular weight excluding hydrogens is 242 g/mol. The lowest BCUT2D eigenvalue weighted by molar-refractivity contribution is 0.292. The van der Waals surface area contributed by atoms with Gasteiger partial charge in [0.1, 0.15) is 18.1 Å². The van der Waals surface area contributed by atoms with Crippen molar-refractivity contribution in [1.29, 1.82) is 0 Å². The fraction of sp³-hybridized carbons (Fsp3) is 0.357. The van der Waals surface area contributed by atoms with Gasteiger partial charge in [-0.2, -0.15) is 0 Å². The molecule has 0 aliphatic carbocycles. The first-order valence-electron chi connectivity index (χ1n) is 6.22. The standard InChI is InChI=1S/C14H19N3O2/c1-11(15)13-4-3-12(18-2)9-14(13)19-8-7-17-6-5-16-10-17/h3-6,9-11H,7-8,15H2,1-2H3/t11-/m0/s1. The number of benzene rings is 1. The van der Waals surface area contributed by atoms with Gasteiger partial charge in [-0.1, -0.05) is 6.07 Å². The smallest absolute Gasteiger partial charge is 0.127 e. The summed E-state index contributed by atoms with van der Waals surface area (Å²) in [6.45, 7) is 3.24. The van der Waals surface area contributed by atoms with Crippen molar-refractivity contribution in [3.63, 3.8) is 0 Å². The van der Waals surface area contributed by atoms with E-state index in [4.69, 9.17) is 15.2 Å². The second-order valence-electron chi connectivity index (χ2n) is 4.34. The second kappa shape index (κ2) is 6.24. The van der Waals surface area contributed by atoms with Crippen molar-refractivity contribution < 1.29 is 9.47 Å². The Morgan fingerprint density at radius 1 is 1.42 bits per heavy atom. The number of nitrogens with two attached hydrogens (primary N) is 1. The summed E-state index contributed by atoms with van der Waals surface area (Å²) in [6.07, 6.45) is 5.42. The van der Waals surface area contributed by atoms with Crippen LogP contribution in [-0.4, -0.2) is 23.3 Å². The third-order valence-electron chi connectivity index (χ3n) is 2.88. The first-order chi connectivity index (χ1) is 9.20. The Morgan fingerprint density at radius 2 is 2.26 bits per heavy atom. The first kappa shape index (κ1) is 13.4. The first-order valence-corrected chi connectivity index (χ1v) is 6.22. The van der Waals surface area contributed by atoms with E-state index in [0.29, 0.717) is 6.61 Å². The van der Waals surface area contributed by atoms with Crippen LogP contribution in [0.25, 0.3) is 0 Å². The maximum atomic E-state index is 5.94. The molecule has 0 bridgehead atoms. The average Bonchev–Trinajstić information content (AvgIpc) is 2.91. The summed E-state index contributed by atoms with van der Waals surface area (Å²) in [7, 11) is 1.64. The molecule has 0 saturated heterocycles. The van der Waals surface area contributed by atoms with Gasteiger partial charge in [-0.25, -0.2) is 4.98 Å². The van der Waals surface area contributed by atoms with Gasteiger partial charge in [-0.05, 0) is 13.0 Å². The molecule has 0 saturated carbocycles. The Bertz CT molecular complexity index is 509. The van der Waals surface area contributed by atoms with Crippen molar-refractivity contribution in [3.8, 4) is 11.5 Å². The largest absolute Gasteiger partial charge is 0.497 e. The number of nitrogens with zero attached hydrogens (tertiary/aromatic N) is 2. The molecule has 0 fully saturated rings. The molecule has 19 heavy (non-hydrogen) atoms. The topological polar surface area (TPSA) is 62.3 Å². The van der Waals surface area contributed by atoms with Crippen molar-refractivity contribution in [3.05, 3.63) is 42.5 Å². The molecule has 1 atom stereocenters. The minimum absolute atomic E-state index is 0.0749. The van der Waals surface area contributed by atoms with Gasteiger partial charge in [0.15, 0.2) is 0 Å². The molecule has 0 unspecified atom stereocenters. The maximum absolute atomic E-state index is 5.94. The zero-order valence-corrected chi connectivity index (χ0v) is 11.2. The van der Waals surface area contributed by atoms with E-state index in [9.17, 15) is 0 Å². The fourth-order valence-electron chi connectivity index (χ4n) is 1.82. The second-order valence-corrected chi connectivity index (χ2v) is 4.34. The average molecular weight is 261 g/mol. The van der Waals surface area contributed by atoms with Crippen molar-refractivity contribution in [2.24, 2.45) is 5.73 Å². The van der Waals surface area contributed by atoms with Gasteiger partial charge >= 0.3 is 0 Å². The molecule has 0 aliphatic heterocycles. The van der Waals surface area contributed by atoms with Crippen molar-refractivity contribution in [2.75, 3.05) is 13.7 Å². The number of hydrogen-bond donors (Lipinski definition) is 1. The zero-order valence-electron chi connectivity index (χ0n) is 11.2. The molecule has 1 aromatic carbocycles. The van der Waals surface area contributed by atoms with E-state index in [1.165, 1.54) is 0 Å². The molecule has 0 aliphatic rings. The molecule has 5 heteroatoms. The summed E-state index contributed by atoms with van der Waals surface area (Å²) in [5.74, 6) is 1.54. The van der Waals surface area contributed by atoms with Crippen LogP contribution in [0, 0.1) is 0 Å². The number of hydrogen-bond acceptors (Lipinski definition) is 4. The Morgan fingerprint density at radius 3 is 2.89 bits per heavy atom. The molecule has 102 valence electrons. The lowest BCUT2D eigenvalue weighted by Gasteiger charge is -2.15. The fourth-order valence-corrected chi connectivity index (χ4v) is 1.82. The van der Waals surface area contributed by atoms with E-state index in [2.05, 4.69) is 4.98 Å². The van der Waals surface area contributed by atoms with Crippen molar-refractivity contribution in [2.45, 2.75) is 19.5 Å². The highest BCUT2D eigenvalue weighted by atomic mass is 16.5. The van der Waals surface area contributed by atoms with Gasteiger partial charge in [-0.15, -0.1) is 0 Å². The summed E-state index contributed by atoms with van der Waals surface area (Å²) in [6, 6.07) is 5.62. The highest BCUT2D eigenvalue weighted by molar-refractivity contribution is 5.42. The molecule has 0 radical (unpaired) electrons. The van der Waals surface area contributed by atoms with Crippen LogP contribution in [0.3, 0.4) is 0 Å². The summed E-state index contributed by atoms with van der Waals surface area (Å²) in [4.78, 5) is 3.99. The van der Waals surface area contributed by atoms with E-state index in [1.807, 2.05) is 35.9 Å². The summed E-state index contributed by atoms with van der Waals surface area (Å²) < 4.78 is 13.0. The van der Waals surface area contributed by atoms with Crippen molar-refractivity contribution in [1.82, 2.24) is 9.55 Å². The number of aromatic nitrogens is 2. The third-order valence-corrected chi connectivity index (χ3v) is 2.88. The Kier molecular flexibility index (Phi) is 4.41. The number of ether oxygens (including phenoxy) is 2. The molecule has 5 nitrogen and oxygen atoms in total. The van der Waals surface area contributed by atoms with Gasteiger partial charge in [0.2, 0.25) is 0 Å². The van der Waals surface area contributed by atoms with Crippen LogP contribution in [0.15, 0.2) is 36.9 Å². The van der Waals surface area contributed by atoms with Gasteiger partial charge < -0.3 is 19.8 Å². The highest BCUT2D eigenvalue weighted by Gasteiger charge is 2.09. The quantitative estimate of drug-likeness (QED) is 0.863. The molecule has 2 N–H and O–H groups in total. The lowest BCUT2D eigenvalue weighted by Crippen LogP contribution is -2.11. The Hall–Kier alpha value is -2.01. The summed E-state index contributed by atoms with van der Waals surface area (Å²) in [5, 5.41) is 0. The van der Waals surface area contributed by atoms with E-state index in [0.717, 1.165) is 23.6 Å². The number of imidazole rings is 1. The van der Waals surface area contributed by atoms with E-state index < -0.39 is 0 Å². The highest BCUT2D eigenvalue weighted by Crippen LogP contribution is 2.28. The van der Waals surface area contributed by atoms with Crippen LogP contribution >= 0.6 is 0 Å². The van der Waals surface area contributed by atoms with Crippen LogP contribution in [0.4, 0.5) is 0 Å². The normalized spacial score (nSPS) is 12.2. The van der Waals surface area contributed by atoms with Crippen LogP contribution < -0.4 is 15.2 Å². The monoisotopic (exact) mass is 261 g/mol. The SMILES string of the molecule is COc1ccc([C@H](C)N)c(OCCn2ccnc2)c1. The minimum atomic E-state index is -0.0749. The summed E-state index contributed by atoms with van der Waals surface area (Å²) in [5.41, 5.74) is 6.91. The number of rotatable bonds is 6. The minimum Gasteiger partial charge on any atom is -0.497 e. The van der Waals surface area contributed by atoms with E-state index >= 15 is 0 Å². The predicted octanol–water partition coefficient (Wildman–Crippen LogP) is 1.99. The molecule has 2 rings (SSSR count). The van der Waals surface area contributed by atoms with Crippen LogP contribution in [0.5, 0.6) is 11.5 Å². The zero-order chi connectivity index (χ0) is 13.7. The van der Waals surface area contributed by atoms with Gasteiger partial charge in [0.25, 0.3) is 0 Å². The Labute approximate surface area is 113 Å². The molecular formula is C14H19N3O2. The predicted molar refractivity (Wildman–Crippen MR) is 73.3 cm³/mol. The van der Waals surface area contributed by atoms with Crippen molar-refractivity contribution >= 4 is 0 Å². The van der Waals surface area contributed by atoms with Crippen LogP contribution in [0.1, 0.15) is 18.5 Å². The van der Waals surface area contributed by atoms with Gasteiger partial charge in [0, 0.05) is 30.1 Å². The van der Waals surface area contributed by atoms with Crippen LogP contribution in [-0.2, 0) is 6.54 Å².